The minimum Gasteiger partial charge on any atom is -0.303 e. The first-order valence-corrected chi connectivity index (χ1v) is 3.89. The van der Waals surface area contributed by atoms with E-state index in [1.165, 1.54) is 32.0 Å². The van der Waals surface area contributed by atoms with Gasteiger partial charge in [0, 0.05) is 5.92 Å². The normalized spacial score (nSPS) is 47.8. The van der Waals surface area contributed by atoms with Crippen molar-refractivity contribution in [3.8, 4) is 0 Å². The van der Waals surface area contributed by atoms with E-state index < -0.39 is 0 Å². The average molecular weight is 124 g/mol. The van der Waals surface area contributed by atoms with Gasteiger partial charge in [-0.15, -0.1) is 0 Å². The lowest BCUT2D eigenvalue weighted by atomic mass is 10.0. The third kappa shape index (κ3) is 0.707. The van der Waals surface area contributed by atoms with Gasteiger partial charge in [-0.1, -0.05) is 12.8 Å². The minimum absolute atomic E-state index is 0.479. The highest BCUT2D eigenvalue weighted by Crippen LogP contribution is 2.53. The molecule has 0 saturated heterocycles. The van der Waals surface area contributed by atoms with Gasteiger partial charge in [-0.05, 0) is 24.7 Å². The Balaban J connectivity index is 1.98. The van der Waals surface area contributed by atoms with Crippen LogP contribution in [0.3, 0.4) is 0 Å². The van der Waals surface area contributed by atoms with Crippen LogP contribution in [-0.4, -0.2) is 6.29 Å². The number of aldehydes is 1. The lowest BCUT2D eigenvalue weighted by Gasteiger charge is -2.04. The van der Waals surface area contributed by atoms with Crippen molar-refractivity contribution in [1.82, 2.24) is 0 Å². The van der Waals surface area contributed by atoms with Crippen LogP contribution < -0.4 is 0 Å². The highest BCUT2D eigenvalue weighted by Gasteiger charge is 2.50. The second-order valence-corrected chi connectivity index (χ2v) is 3.33. The van der Waals surface area contributed by atoms with Crippen molar-refractivity contribution in [2.24, 2.45) is 17.8 Å². The molecule has 2 atom stereocenters. The van der Waals surface area contributed by atoms with Crippen LogP contribution >= 0.6 is 0 Å². The van der Waals surface area contributed by atoms with E-state index in [0.29, 0.717) is 5.92 Å². The molecule has 2 fully saturated rings. The van der Waals surface area contributed by atoms with Gasteiger partial charge in [0.15, 0.2) is 0 Å². The summed E-state index contributed by atoms with van der Waals surface area (Å²) < 4.78 is 0. The first kappa shape index (κ1) is 5.45. The molecule has 2 saturated carbocycles. The highest BCUT2D eigenvalue weighted by atomic mass is 16.1. The lowest BCUT2D eigenvalue weighted by molar-refractivity contribution is -0.109. The fourth-order valence-corrected chi connectivity index (χ4v) is 2.25. The molecule has 0 spiro atoms. The first-order valence-electron chi connectivity index (χ1n) is 3.89. The van der Waals surface area contributed by atoms with Gasteiger partial charge in [0.1, 0.15) is 6.29 Å². The molecule has 0 aromatic heterocycles. The summed E-state index contributed by atoms with van der Waals surface area (Å²) in [6.07, 6.45) is 6.56. The van der Waals surface area contributed by atoms with Crippen molar-refractivity contribution in [3.05, 3.63) is 0 Å². The van der Waals surface area contributed by atoms with Gasteiger partial charge in [-0.25, -0.2) is 0 Å². The summed E-state index contributed by atoms with van der Waals surface area (Å²) in [5.41, 5.74) is 0. The fraction of sp³-hybridized carbons (Fsp3) is 0.875. The van der Waals surface area contributed by atoms with Crippen LogP contribution in [0, 0.1) is 17.8 Å². The van der Waals surface area contributed by atoms with Crippen LogP contribution in [0.5, 0.6) is 0 Å². The number of rotatable bonds is 1. The van der Waals surface area contributed by atoms with Gasteiger partial charge in [0.2, 0.25) is 0 Å². The zero-order valence-corrected chi connectivity index (χ0v) is 5.55. The molecule has 1 heteroatoms. The maximum atomic E-state index is 10.3. The molecule has 0 bridgehead atoms. The van der Waals surface area contributed by atoms with Crippen LogP contribution in [0.4, 0.5) is 0 Å². The van der Waals surface area contributed by atoms with Crippen molar-refractivity contribution in [2.45, 2.75) is 25.7 Å². The topological polar surface area (TPSA) is 17.1 Å². The van der Waals surface area contributed by atoms with Crippen molar-refractivity contribution >= 4 is 6.29 Å². The summed E-state index contributed by atoms with van der Waals surface area (Å²) in [7, 11) is 0. The Morgan fingerprint density at radius 2 is 1.67 bits per heavy atom. The predicted octanol–water partition coefficient (Wildman–Crippen LogP) is 1.62. The zero-order chi connectivity index (χ0) is 6.27. The Morgan fingerprint density at radius 1 is 1.11 bits per heavy atom. The summed E-state index contributed by atoms with van der Waals surface area (Å²) in [5.74, 6) is 2.11. The Kier molecular flexibility index (Phi) is 1.11. The first-order chi connectivity index (χ1) is 4.43. The predicted molar refractivity (Wildman–Crippen MR) is 35.0 cm³/mol. The van der Waals surface area contributed by atoms with E-state index in [2.05, 4.69) is 0 Å². The maximum Gasteiger partial charge on any atom is 0.123 e. The maximum absolute atomic E-state index is 10.3. The van der Waals surface area contributed by atoms with Crippen LogP contribution in [0.2, 0.25) is 0 Å². The summed E-state index contributed by atoms with van der Waals surface area (Å²) in [6, 6.07) is 0. The molecule has 2 rings (SSSR count). The Morgan fingerprint density at radius 3 is 2.11 bits per heavy atom. The van der Waals surface area contributed by atoms with Gasteiger partial charge in [-0.3, -0.25) is 0 Å². The fourth-order valence-electron chi connectivity index (χ4n) is 2.25. The molecule has 2 aliphatic carbocycles. The smallest absolute Gasteiger partial charge is 0.123 e. The van der Waals surface area contributed by atoms with E-state index in [-0.39, 0.29) is 0 Å². The minimum atomic E-state index is 0.479. The summed E-state index contributed by atoms with van der Waals surface area (Å²) in [5, 5.41) is 0. The lowest BCUT2D eigenvalue weighted by Crippen LogP contribution is -1.91. The summed E-state index contributed by atoms with van der Waals surface area (Å²) >= 11 is 0. The van der Waals surface area contributed by atoms with Crippen LogP contribution in [0.25, 0.3) is 0 Å². The number of carbonyl (C=O) groups is 1. The monoisotopic (exact) mass is 124 g/mol. The largest absolute Gasteiger partial charge is 0.303 e. The second-order valence-electron chi connectivity index (χ2n) is 3.33. The molecule has 0 amide bonds. The van der Waals surface area contributed by atoms with Crippen molar-refractivity contribution < 1.29 is 4.79 Å². The molecule has 0 heterocycles. The molecular formula is C8H12O. The van der Waals surface area contributed by atoms with Crippen molar-refractivity contribution in [3.63, 3.8) is 0 Å². The Labute approximate surface area is 55.4 Å². The summed E-state index contributed by atoms with van der Waals surface area (Å²) in [4.78, 5) is 10.3. The molecule has 0 unspecified atom stereocenters. The van der Waals surface area contributed by atoms with E-state index >= 15 is 0 Å². The average Bonchev–Trinajstić information content (AvgIpc) is 2.60. The van der Waals surface area contributed by atoms with Gasteiger partial charge >= 0.3 is 0 Å². The van der Waals surface area contributed by atoms with E-state index in [0.717, 1.165) is 11.8 Å². The van der Waals surface area contributed by atoms with E-state index in [1.807, 2.05) is 0 Å². The molecule has 9 heavy (non-hydrogen) atoms. The van der Waals surface area contributed by atoms with Gasteiger partial charge < -0.3 is 4.79 Å². The molecule has 0 aliphatic heterocycles. The summed E-state index contributed by atoms with van der Waals surface area (Å²) in [6.45, 7) is 0. The van der Waals surface area contributed by atoms with Gasteiger partial charge in [-0.2, -0.15) is 0 Å². The number of fused-ring (bicyclic) bond motifs is 1. The molecular weight excluding hydrogens is 112 g/mol. The molecule has 2 aliphatic rings. The third-order valence-electron chi connectivity index (χ3n) is 2.88. The Bertz CT molecular complexity index is 119. The molecule has 50 valence electrons. The van der Waals surface area contributed by atoms with Crippen molar-refractivity contribution in [1.29, 1.82) is 0 Å². The SMILES string of the molecule is O=CC1[C@@H]2CCCC[C@@H]12. The molecule has 0 N–H and O–H groups in total. The van der Waals surface area contributed by atoms with E-state index in [1.54, 1.807) is 0 Å². The Hall–Kier alpha value is -0.330. The number of hydrogen-bond donors (Lipinski definition) is 0. The van der Waals surface area contributed by atoms with Gasteiger partial charge in [0.25, 0.3) is 0 Å². The molecule has 0 aromatic carbocycles. The van der Waals surface area contributed by atoms with E-state index in [4.69, 9.17) is 0 Å². The molecule has 1 nitrogen and oxygen atoms in total. The van der Waals surface area contributed by atoms with Crippen LogP contribution in [-0.2, 0) is 4.79 Å². The second kappa shape index (κ2) is 1.83. The standard InChI is InChI=1S/C8H12O/c9-5-8-6-3-1-2-4-7(6)8/h5-8H,1-4H2/t6-,7-/m1/s1. The molecule has 0 aromatic rings. The quantitative estimate of drug-likeness (QED) is 0.485. The third-order valence-corrected chi connectivity index (χ3v) is 2.88. The molecule has 0 radical (unpaired) electrons. The number of carbonyl (C=O) groups excluding carboxylic acids is 1. The highest BCUT2D eigenvalue weighted by molar-refractivity contribution is 5.59. The van der Waals surface area contributed by atoms with E-state index in [9.17, 15) is 4.79 Å². The van der Waals surface area contributed by atoms with Crippen molar-refractivity contribution in [2.75, 3.05) is 0 Å². The van der Waals surface area contributed by atoms with Gasteiger partial charge in [0.05, 0.1) is 0 Å². The zero-order valence-electron chi connectivity index (χ0n) is 5.55. The van der Waals surface area contributed by atoms with Crippen LogP contribution in [0.15, 0.2) is 0 Å². The number of hydrogen-bond acceptors (Lipinski definition) is 1. The van der Waals surface area contributed by atoms with Crippen LogP contribution in [0.1, 0.15) is 25.7 Å².